The number of hydrogen-bond acceptors (Lipinski definition) is 7. The standard InChI is InChI=1S/C24H21N3O4S2/c1-29-19-11-17(12-20(30-2)21(19)31-3)22(28)26-23(32)27-24-25-18(13-33-24)16-9-8-14-6-4-5-7-15(14)10-16/h4-13H,1-3H3,(H2,25,26,27,28,32). The van der Waals surface area contributed by atoms with Gasteiger partial charge in [-0.2, -0.15) is 0 Å². The van der Waals surface area contributed by atoms with Crippen molar-refractivity contribution in [2.45, 2.75) is 0 Å². The summed E-state index contributed by atoms with van der Waals surface area (Å²) >= 11 is 6.71. The van der Waals surface area contributed by atoms with Gasteiger partial charge in [-0.05, 0) is 41.2 Å². The number of aromatic nitrogens is 1. The number of carbonyl (C=O) groups is 1. The number of methoxy groups -OCH3 is 3. The molecule has 0 atom stereocenters. The average molecular weight is 480 g/mol. The smallest absolute Gasteiger partial charge is 0.257 e. The molecule has 0 saturated carbocycles. The lowest BCUT2D eigenvalue weighted by Crippen LogP contribution is -2.34. The fraction of sp³-hybridized carbons (Fsp3) is 0.125. The summed E-state index contributed by atoms with van der Waals surface area (Å²) in [6, 6.07) is 17.5. The summed E-state index contributed by atoms with van der Waals surface area (Å²) < 4.78 is 15.9. The molecule has 1 amide bonds. The number of ether oxygens (including phenoxy) is 3. The van der Waals surface area contributed by atoms with Gasteiger partial charge in [-0.1, -0.05) is 36.4 Å². The topological polar surface area (TPSA) is 81.7 Å². The lowest BCUT2D eigenvalue weighted by Gasteiger charge is -2.14. The Morgan fingerprint density at radius 1 is 0.939 bits per heavy atom. The first-order chi connectivity index (χ1) is 16.0. The van der Waals surface area contributed by atoms with Crippen LogP contribution in [0.4, 0.5) is 5.13 Å². The van der Waals surface area contributed by atoms with Crippen LogP contribution in [-0.2, 0) is 0 Å². The molecular weight excluding hydrogens is 458 g/mol. The highest BCUT2D eigenvalue weighted by Gasteiger charge is 2.18. The minimum Gasteiger partial charge on any atom is -0.493 e. The highest BCUT2D eigenvalue weighted by molar-refractivity contribution is 7.80. The molecule has 0 unspecified atom stereocenters. The molecular formula is C24H21N3O4S2. The maximum atomic E-state index is 12.7. The van der Waals surface area contributed by atoms with Gasteiger partial charge in [-0.25, -0.2) is 4.98 Å². The second-order valence-corrected chi connectivity index (χ2v) is 8.19. The van der Waals surface area contributed by atoms with Gasteiger partial charge in [0.2, 0.25) is 5.75 Å². The molecule has 4 aromatic rings. The summed E-state index contributed by atoms with van der Waals surface area (Å²) in [4.78, 5) is 17.3. The van der Waals surface area contributed by atoms with Crippen molar-refractivity contribution in [2.75, 3.05) is 26.6 Å². The van der Waals surface area contributed by atoms with Crippen LogP contribution in [0.2, 0.25) is 0 Å². The number of fused-ring (bicyclic) bond motifs is 1. The van der Waals surface area contributed by atoms with Crippen molar-refractivity contribution in [3.05, 3.63) is 65.5 Å². The van der Waals surface area contributed by atoms with E-state index in [9.17, 15) is 4.79 Å². The number of nitrogens with zero attached hydrogens (tertiary/aromatic N) is 1. The van der Waals surface area contributed by atoms with Gasteiger partial charge < -0.3 is 19.5 Å². The number of carbonyl (C=O) groups excluding carboxylic acids is 1. The number of thiazole rings is 1. The van der Waals surface area contributed by atoms with Crippen molar-refractivity contribution in [3.63, 3.8) is 0 Å². The van der Waals surface area contributed by atoms with Gasteiger partial charge in [0, 0.05) is 16.5 Å². The van der Waals surface area contributed by atoms with Crippen LogP contribution in [0.25, 0.3) is 22.0 Å². The number of nitrogens with one attached hydrogen (secondary N) is 2. The average Bonchev–Trinajstić information content (AvgIpc) is 3.30. The normalized spacial score (nSPS) is 10.5. The summed E-state index contributed by atoms with van der Waals surface area (Å²) in [5, 5.41) is 10.6. The van der Waals surface area contributed by atoms with E-state index < -0.39 is 5.91 Å². The van der Waals surface area contributed by atoms with E-state index in [1.807, 2.05) is 23.6 Å². The first-order valence-corrected chi connectivity index (χ1v) is 11.2. The van der Waals surface area contributed by atoms with Crippen LogP contribution < -0.4 is 24.8 Å². The molecule has 168 valence electrons. The van der Waals surface area contributed by atoms with E-state index in [0.29, 0.717) is 27.9 Å². The predicted molar refractivity (Wildman–Crippen MR) is 135 cm³/mol. The van der Waals surface area contributed by atoms with Gasteiger partial charge in [-0.3, -0.25) is 10.1 Å². The fourth-order valence-electron chi connectivity index (χ4n) is 3.33. The number of amides is 1. The minimum absolute atomic E-state index is 0.133. The number of hydrogen-bond donors (Lipinski definition) is 2. The first kappa shape index (κ1) is 22.5. The highest BCUT2D eigenvalue weighted by Crippen LogP contribution is 2.38. The summed E-state index contributed by atoms with van der Waals surface area (Å²) in [6.45, 7) is 0. The van der Waals surface area contributed by atoms with Gasteiger partial charge in [0.25, 0.3) is 5.91 Å². The number of thiocarbonyl (C=S) groups is 1. The zero-order valence-corrected chi connectivity index (χ0v) is 19.8. The van der Waals surface area contributed by atoms with Gasteiger partial charge in [0.05, 0.1) is 27.0 Å². The van der Waals surface area contributed by atoms with Crippen molar-refractivity contribution in [1.29, 1.82) is 0 Å². The lowest BCUT2D eigenvalue weighted by molar-refractivity contribution is 0.0977. The third-order valence-corrected chi connectivity index (χ3v) is 5.89. The number of anilines is 1. The molecule has 3 aromatic carbocycles. The molecule has 0 spiro atoms. The lowest BCUT2D eigenvalue weighted by atomic mass is 10.1. The molecule has 1 aromatic heterocycles. The Morgan fingerprint density at radius 2 is 1.64 bits per heavy atom. The summed E-state index contributed by atoms with van der Waals surface area (Å²) in [6.07, 6.45) is 0. The summed E-state index contributed by atoms with van der Waals surface area (Å²) in [7, 11) is 4.47. The van der Waals surface area contributed by atoms with E-state index in [0.717, 1.165) is 16.6 Å². The Bertz CT molecular complexity index is 1310. The molecule has 0 bridgehead atoms. The Hall–Kier alpha value is -3.69. The highest BCUT2D eigenvalue weighted by atomic mass is 32.1. The molecule has 0 aliphatic rings. The van der Waals surface area contributed by atoms with Crippen LogP contribution in [0.1, 0.15) is 10.4 Å². The Kier molecular flexibility index (Phi) is 6.71. The molecule has 1 heterocycles. The maximum Gasteiger partial charge on any atom is 0.257 e. The van der Waals surface area contributed by atoms with Gasteiger partial charge >= 0.3 is 0 Å². The molecule has 0 fully saturated rings. The molecule has 33 heavy (non-hydrogen) atoms. The summed E-state index contributed by atoms with van der Waals surface area (Å²) in [5.74, 6) is 0.737. The van der Waals surface area contributed by atoms with Crippen LogP contribution in [0.5, 0.6) is 17.2 Å². The third kappa shape index (κ3) is 4.89. The number of rotatable bonds is 6. The van der Waals surface area contributed by atoms with Crippen LogP contribution in [0.3, 0.4) is 0 Å². The van der Waals surface area contributed by atoms with Crippen molar-refractivity contribution in [3.8, 4) is 28.5 Å². The second-order valence-electron chi connectivity index (χ2n) is 6.92. The molecule has 0 aliphatic carbocycles. The first-order valence-electron chi connectivity index (χ1n) is 9.89. The molecule has 7 nitrogen and oxygen atoms in total. The largest absolute Gasteiger partial charge is 0.493 e. The van der Waals surface area contributed by atoms with E-state index in [1.54, 1.807) is 12.1 Å². The monoisotopic (exact) mass is 479 g/mol. The van der Waals surface area contributed by atoms with Gasteiger partial charge in [0.1, 0.15) is 0 Å². The van der Waals surface area contributed by atoms with E-state index in [4.69, 9.17) is 26.4 Å². The zero-order valence-electron chi connectivity index (χ0n) is 18.2. The van der Waals surface area contributed by atoms with Crippen molar-refractivity contribution in [1.82, 2.24) is 10.3 Å². The molecule has 2 N–H and O–H groups in total. The van der Waals surface area contributed by atoms with Crippen molar-refractivity contribution < 1.29 is 19.0 Å². The molecule has 9 heteroatoms. The fourth-order valence-corrected chi connectivity index (χ4v) is 4.31. The van der Waals surface area contributed by atoms with E-state index in [2.05, 4.69) is 39.9 Å². The zero-order chi connectivity index (χ0) is 23.4. The Balaban J connectivity index is 1.46. The Labute approximate surface area is 200 Å². The molecule has 0 radical (unpaired) electrons. The maximum absolute atomic E-state index is 12.7. The summed E-state index contributed by atoms with van der Waals surface area (Å²) in [5.41, 5.74) is 2.14. The van der Waals surface area contributed by atoms with E-state index >= 15 is 0 Å². The SMILES string of the molecule is COc1cc(C(=O)NC(=S)Nc2nc(-c3ccc4ccccc4c3)cs2)cc(OC)c1OC. The molecule has 0 saturated heterocycles. The van der Waals surface area contributed by atoms with Crippen molar-refractivity contribution >= 4 is 50.5 Å². The van der Waals surface area contributed by atoms with E-state index in [-0.39, 0.29) is 5.11 Å². The second kappa shape index (κ2) is 9.85. The van der Waals surface area contributed by atoms with Crippen molar-refractivity contribution in [2.24, 2.45) is 0 Å². The van der Waals surface area contributed by atoms with Gasteiger partial charge in [0.15, 0.2) is 21.7 Å². The third-order valence-electron chi connectivity index (χ3n) is 4.92. The minimum atomic E-state index is -0.418. The van der Waals surface area contributed by atoms with E-state index in [1.165, 1.54) is 38.1 Å². The quantitative estimate of drug-likeness (QED) is 0.372. The van der Waals surface area contributed by atoms with Crippen LogP contribution in [0, 0.1) is 0 Å². The van der Waals surface area contributed by atoms with Crippen LogP contribution >= 0.6 is 23.6 Å². The van der Waals surface area contributed by atoms with Crippen LogP contribution in [-0.4, -0.2) is 37.3 Å². The van der Waals surface area contributed by atoms with Crippen LogP contribution in [0.15, 0.2) is 60.0 Å². The predicted octanol–water partition coefficient (Wildman–Crippen LogP) is 5.12. The number of benzene rings is 3. The molecule has 0 aliphatic heterocycles. The Morgan fingerprint density at radius 3 is 2.30 bits per heavy atom. The van der Waals surface area contributed by atoms with Gasteiger partial charge in [-0.15, -0.1) is 11.3 Å². The molecule has 4 rings (SSSR count).